The number of allylic oxidation sites excluding steroid dienone is 1. The number of nitrogens with zero attached hydrogens (tertiary/aromatic N) is 3. The predicted molar refractivity (Wildman–Crippen MR) is 169 cm³/mol. The van der Waals surface area contributed by atoms with Crippen LogP contribution in [0.5, 0.6) is 11.5 Å². The molecule has 0 aliphatic carbocycles. The van der Waals surface area contributed by atoms with Gasteiger partial charge in [0.05, 0.1) is 47.1 Å². The van der Waals surface area contributed by atoms with E-state index in [-0.39, 0.29) is 23.4 Å². The Labute approximate surface area is 262 Å². The number of thiazole rings is 1. The average Bonchev–Trinajstić information content (AvgIpc) is 3.60. The van der Waals surface area contributed by atoms with E-state index in [1.54, 1.807) is 64.3 Å². The number of non-ortho nitro benzene ring substituents is 1. The molecule has 2 aromatic heterocycles. The van der Waals surface area contributed by atoms with Gasteiger partial charge in [-0.05, 0) is 68.7 Å². The summed E-state index contributed by atoms with van der Waals surface area (Å²) in [4.78, 5) is 43.0. The number of fused-ring (bicyclic) bond motifs is 1. The molecule has 0 amide bonds. The van der Waals surface area contributed by atoms with Crippen LogP contribution in [0.25, 0.3) is 17.4 Å². The molecule has 12 heteroatoms. The third-order valence-electron chi connectivity index (χ3n) is 7.36. The molecule has 0 fully saturated rings. The van der Waals surface area contributed by atoms with Crippen LogP contribution in [0.1, 0.15) is 56.5 Å². The lowest BCUT2D eigenvalue weighted by Gasteiger charge is -2.25. The van der Waals surface area contributed by atoms with Crippen LogP contribution in [0.3, 0.4) is 0 Å². The highest BCUT2D eigenvalue weighted by Gasteiger charge is 2.34. The van der Waals surface area contributed by atoms with Gasteiger partial charge in [-0.2, -0.15) is 0 Å². The Morgan fingerprint density at radius 1 is 1.13 bits per heavy atom. The summed E-state index contributed by atoms with van der Waals surface area (Å²) in [5.41, 5.74) is 2.36. The first kappa shape index (κ1) is 31.5. The van der Waals surface area contributed by atoms with Crippen LogP contribution in [-0.4, -0.2) is 35.8 Å². The lowest BCUT2D eigenvalue weighted by atomic mass is 9.95. The number of hydrogen-bond acceptors (Lipinski definition) is 10. The van der Waals surface area contributed by atoms with Gasteiger partial charge in [0.15, 0.2) is 16.3 Å². The van der Waals surface area contributed by atoms with Gasteiger partial charge in [0.25, 0.3) is 11.2 Å². The van der Waals surface area contributed by atoms with E-state index in [4.69, 9.17) is 18.6 Å². The smallest absolute Gasteiger partial charge is 0.338 e. The number of rotatable bonds is 11. The number of benzene rings is 2. The largest absolute Gasteiger partial charge is 0.493 e. The molecule has 3 heterocycles. The van der Waals surface area contributed by atoms with E-state index in [1.165, 1.54) is 28.0 Å². The number of hydrogen-bond donors (Lipinski definition) is 0. The van der Waals surface area contributed by atoms with Gasteiger partial charge in [0, 0.05) is 23.8 Å². The van der Waals surface area contributed by atoms with Crippen LogP contribution in [0.2, 0.25) is 0 Å². The number of carbonyl (C=O) groups excluding carboxylic acids is 1. The number of carbonyl (C=O) groups is 1. The van der Waals surface area contributed by atoms with Crippen molar-refractivity contribution >= 4 is 29.1 Å². The second-order valence-electron chi connectivity index (χ2n) is 10.4. The maximum atomic E-state index is 14.0. The van der Waals surface area contributed by atoms with E-state index < -0.39 is 16.9 Å². The minimum atomic E-state index is -0.823. The van der Waals surface area contributed by atoms with E-state index in [0.29, 0.717) is 61.3 Å². The van der Waals surface area contributed by atoms with E-state index in [2.05, 4.69) is 11.9 Å². The third kappa shape index (κ3) is 6.32. The Morgan fingerprint density at radius 2 is 1.93 bits per heavy atom. The van der Waals surface area contributed by atoms with Crippen LogP contribution >= 0.6 is 11.3 Å². The second-order valence-corrected chi connectivity index (χ2v) is 11.4. The molecule has 0 N–H and O–H groups in total. The number of ether oxygens (including phenoxy) is 3. The standard InChI is InChI=1S/C33H33N3O8S/c1-6-8-15-43-26-13-9-21(17-27(26)41-5)30-29(32(38)42-7-2)20(4)34-33-35(30)31(37)28(45-33)18-23-11-14-25(44-23)24-12-10-22(36(39)40)16-19(24)3/h9-14,16-18,30H,6-8,15H2,1-5H3/b28-18+/t30-/m0/s1. The lowest BCUT2D eigenvalue weighted by molar-refractivity contribution is -0.384. The maximum Gasteiger partial charge on any atom is 0.338 e. The summed E-state index contributed by atoms with van der Waals surface area (Å²) in [5, 5.41) is 11.1. The topological polar surface area (TPSA) is 135 Å². The summed E-state index contributed by atoms with van der Waals surface area (Å²) in [6.07, 6.45) is 3.50. The summed E-state index contributed by atoms with van der Waals surface area (Å²) in [7, 11) is 1.54. The van der Waals surface area contributed by atoms with Crippen molar-refractivity contribution in [2.75, 3.05) is 20.3 Å². The van der Waals surface area contributed by atoms with Crippen LogP contribution in [-0.2, 0) is 9.53 Å². The maximum absolute atomic E-state index is 14.0. The molecule has 0 spiro atoms. The normalized spacial score (nSPS) is 14.6. The van der Waals surface area contributed by atoms with Crippen molar-refractivity contribution in [1.82, 2.24) is 4.57 Å². The van der Waals surface area contributed by atoms with Gasteiger partial charge in [0.1, 0.15) is 11.5 Å². The molecule has 4 aromatic rings. The second kappa shape index (κ2) is 13.3. The Kier molecular flexibility index (Phi) is 9.33. The quantitative estimate of drug-likeness (QED) is 0.0922. The molecule has 5 rings (SSSR count). The van der Waals surface area contributed by atoms with E-state index in [9.17, 15) is 19.7 Å². The number of aromatic nitrogens is 1. The fourth-order valence-electron chi connectivity index (χ4n) is 5.15. The zero-order valence-corrected chi connectivity index (χ0v) is 26.4. The Hall–Kier alpha value is -4.97. The first-order chi connectivity index (χ1) is 21.7. The monoisotopic (exact) mass is 631 g/mol. The molecule has 45 heavy (non-hydrogen) atoms. The van der Waals surface area contributed by atoms with Gasteiger partial charge in [0.2, 0.25) is 0 Å². The van der Waals surface area contributed by atoms with Gasteiger partial charge >= 0.3 is 5.97 Å². The Morgan fingerprint density at radius 3 is 2.62 bits per heavy atom. The fourth-order valence-corrected chi connectivity index (χ4v) is 6.18. The molecule has 0 bridgehead atoms. The molecule has 0 radical (unpaired) electrons. The molecule has 11 nitrogen and oxygen atoms in total. The first-order valence-corrected chi connectivity index (χ1v) is 15.3. The predicted octanol–water partition coefficient (Wildman–Crippen LogP) is 5.46. The van der Waals surface area contributed by atoms with Crippen LogP contribution in [0, 0.1) is 17.0 Å². The Bertz CT molecular complexity index is 1980. The van der Waals surface area contributed by atoms with Gasteiger partial charge in [-0.25, -0.2) is 9.79 Å². The van der Waals surface area contributed by atoms with Crippen molar-refractivity contribution in [1.29, 1.82) is 0 Å². The molecule has 1 aliphatic rings. The molecular formula is C33H33N3O8S. The Balaban J connectivity index is 1.60. The number of unbranched alkanes of at least 4 members (excludes halogenated alkanes) is 1. The van der Waals surface area contributed by atoms with Crippen molar-refractivity contribution in [3.63, 3.8) is 0 Å². The molecule has 0 unspecified atom stereocenters. The minimum absolute atomic E-state index is 0.00699. The van der Waals surface area contributed by atoms with Gasteiger partial charge in [-0.3, -0.25) is 19.5 Å². The van der Waals surface area contributed by atoms with E-state index >= 15 is 0 Å². The fraction of sp³-hybridized carbons (Fsp3) is 0.303. The van der Waals surface area contributed by atoms with Crippen molar-refractivity contribution < 1.29 is 28.3 Å². The number of furan rings is 1. The van der Waals surface area contributed by atoms with Crippen molar-refractivity contribution in [3.05, 3.63) is 106 Å². The van der Waals surface area contributed by atoms with E-state index in [0.717, 1.165) is 12.8 Å². The van der Waals surface area contributed by atoms with Crippen LogP contribution < -0.4 is 24.4 Å². The highest BCUT2D eigenvalue weighted by Crippen LogP contribution is 2.36. The number of nitro groups is 1. The molecular weight excluding hydrogens is 598 g/mol. The van der Waals surface area contributed by atoms with Crippen LogP contribution in [0.15, 0.2) is 74.0 Å². The zero-order chi connectivity index (χ0) is 32.2. The molecule has 0 saturated heterocycles. The number of esters is 1. The number of nitro benzene ring substituents is 1. The molecule has 234 valence electrons. The van der Waals surface area contributed by atoms with Crippen molar-refractivity contribution in [2.24, 2.45) is 4.99 Å². The third-order valence-corrected chi connectivity index (χ3v) is 8.35. The summed E-state index contributed by atoms with van der Waals surface area (Å²) in [5.74, 6) is 1.41. The highest BCUT2D eigenvalue weighted by molar-refractivity contribution is 7.07. The summed E-state index contributed by atoms with van der Waals surface area (Å²) in [6, 6.07) is 12.6. The van der Waals surface area contributed by atoms with Crippen LogP contribution in [0.4, 0.5) is 5.69 Å². The first-order valence-electron chi connectivity index (χ1n) is 14.5. The number of methoxy groups -OCH3 is 1. The summed E-state index contributed by atoms with van der Waals surface area (Å²) in [6.45, 7) is 7.99. The molecule has 1 aliphatic heterocycles. The SMILES string of the molecule is CCCCOc1ccc([C@H]2C(C(=O)OCC)=C(C)N=c3s/c(=C/c4ccc(-c5ccc([N+](=O)[O-])cc5C)o4)c(=O)n32)cc1OC. The number of aryl methyl sites for hydroxylation is 1. The van der Waals surface area contributed by atoms with Gasteiger partial charge in [-0.15, -0.1) is 0 Å². The van der Waals surface area contributed by atoms with E-state index in [1.807, 2.05) is 6.07 Å². The van der Waals surface area contributed by atoms with Gasteiger partial charge in [-0.1, -0.05) is 30.7 Å². The van der Waals surface area contributed by atoms with Crippen molar-refractivity contribution in [3.8, 4) is 22.8 Å². The average molecular weight is 632 g/mol. The summed E-state index contributed by atoms with van der Waals surface area (Å²) >= 11 is 1.18. The van der Waals surface area contributed by atoms with Gasteiger partial charge < -0.3 is 18.6 Å². The molecule has 0 saturated carbocycles. The highest BCUT2D eigenvalue weighted by atomic mass is 32.1. The molecule has 2 aromatic carbocycles. The van der Waals surface area contributed by atoms with Crippen molar-refractivity contribution in [2.45, 2.75) is 46.6 Å². The molecule has 1 atom stereocenters. The zero-order valence-electron chi connectivity index (χ0n) is 25.6. The lowest BCUT2D eigenvalue weighted by Crippen LogP contribution is -2.39. The summed E-state index contributed by atoms with van der Waals surface area (Å²) < 4.78 is 24.8. The minimum Gasteiger partial charge on any atom is -0.493 e.